The number of hydrogen-bond acceptors (Lipinski definition) is 4. The molecule has 0 atom stereocenters. The average Bonchev–Trinajstić information content (AvgIpc) is 2.47. The molecule has 7 heteroatoms. The van der Waals surface area contributed by atoms with Crippen molar-refractivity contribution in [1.82, 2.24) is 19.7 Å². The van der Waals surface area contributed by atoms with Crippen LogP contribution in [0.1, 0.15) is 0 Å². The Bertz CT molecular complexity index is 495. The minimum atomic E-state index is -0.989. The molecule has 0 aliphatic carbocycles. The van der Waals surface area contributed by atoms with Gasteiger partial charge in [-0.05, 0) is 0 Å². The number of nitrogens with zero attached hydrogens (tertiary/aromatic N) is 4. The first-order valence-corrected chi connectivity index (χ1v) is 4.10. The van der Waals surface area contributed by atoms with Crippen molar-refractivity contribution in [3.8, 4) is 0 Å². The molecule has 0 aromatic carbocycles. The molecule has 72 valence electrons. The van der Waals surface area contributed by atoms with E-state index in [1.54, 1.807) is 0 Å². The quantitative estimate of drug-likeness (QED) is 0.787. The van der Waals surface area contributed by atoms with E-state index in [1.807, 2.05) is 0 Å². The Morgan fingerprint density at radius 2 is 2.36 bits per heavy atom. The maximum absolute atomic E-state index is 10.5. The van der Waals surface area contributed by atoms with E-state index in [2.05, 4.69) is 15.1 Å². The lowest BCUT2D eigenvalue weighted by molar-refractivity contribution is -0.137. The van der Waals surface area contributed by atoms with E-state index in [9.17, 15) is 4.79 Å². The monoisotopic (exact) mass is 212 g/mol. The smallest absolute Gasteiger partial charge is 0.325 e. The molecule has 2 aromatic heterocycles. The van der Waals surface area contributed by atoms with Gasteiger partial charge in [-0.25, -0.2) is 14.6 Å². The molecule has 6 nitrogen and oxygen atoms in total. The molecule has 0 aliphatic rings. The summed E-state index contributed by atoms with van der Waals surface area (Å²) in [5.74, 6) is -0.989. The van der Waals surface area contributed by atoms with Crippen LogP contribution in [-0.4, -0.2) is 30.8 Å². The first kappa shape index (κ1) is 8.89. The molecule has 0 unspecified atom stereocenters. The van der Waals surface area contributed by atoms with Crippen LogP contribution in [0.5, 0.6) is 0 Å². The van der Waals surface area contributed by atoms with E-state index < -0.39 is 5.97 Å². The molecular formula is C7H5ClN4O2. The van der Waals surface area contributed by atoms with Crippen molar-refractivity contribution in [3.05, 3.63) is 17.5 Å². The number of carbonyl (C=O) groups is 1. The average molecular weight is 213 g/mol. The van der Waals surface area contributed by atoms with Crippen LogP contribution in [0.2, 0.25) is 5.15 Å². The van der Waals surface area contributed by atoms with Crippen LogP contribution in [0.4, 0.5) is 0 Å². The Kier molecular flexibility index (Phi) is 2.05. The fourth-order valence-electron chi connectivity index (χ4n) is 1.07. The summed E-state index contributed by atoms with van der Waals surface area (Å²) in [6.07, 6.45) is 2.83. The Hall–Kier alpha value is -1.69. The highest BCUT2D eigenvalue weighted by molar-refractivity contribution is 6.29. The number of aliphatic carboxylic acids is 1. The Labute approximate surface area is 83.1 Å². The summed E-state index contributed by atoms with van der Waals surface area (Å²) in [5, 5.41) is 12.6. The lowest BCUT2D eigenvalue weighted by Gasteiger charge is -1.97. The summed E-state index contributed by atoms with van der Waals surface area (Å²) < 4.78 is 1.23. The highest BCUT2D eigenvalue weighted by Gasteiger charge is 2.08. The number of aromatic nitrogens is 4. The van der Waals surface area contributed by atoms with E-state index in [1.165, 1.54) is 17.1 Å². The second-order valence-electron chi connectivity index (χ2n) is 2.60. The van der Waals surface area contributed by atoms with Crippen LogP contribution < -0.4 is 0 Å². The number of halogens is 1. The second kappa shape index (κ2) is 3.22. The first-order chi connectivity index (χ1) is 6.66. The van der Waals surface area contributed by atoms with E-state index in [0.29, 0.717) is 11.2 Å². The van der Waals surface area contributed by atoms with Crippen molar-refractivity contribution >= 4 is 28.7 Å². The predicted octanol–water partition coefficient (Wildman–Crippen LogP) is 0.564. The number of fused-ring (bicyclic) bond motifs is 1. The maximum atomic E-state index is 10.5. The van der Waals surface area contributed by atoms with Crippen LogP contribution in [0.3, 0.4) is 0 Å². The summed E-state index contributed by atoms with van der Waals surface area (Å²) in [6.45, 7) is -0.251. The van der Waals surface area contributed by atoms with E-state index in [4.69, 9.17) is 16.7 Å². The fraction of sp³-hybridized carbons (Fsp3) is 0.143. The van der Waals surface area contributed by atoms with Crippen LogP contribution in [-0.2, 0) is 11.3 Å². The zero-order valence-corrected chi connectivity index (χ0v) is 7.64. The number of carboxylic acids is 1. The largest absolute Gasteiger partial charge is 0.480 e. The zero-order chi connectivity index (χ0) is 10.1. The van der Waals surface area contributed by atoms with Crippen molar-refractivity contribution < 1.29 is 9.90 Å². The molecule has 2 rings (SSSR count). The van der Waals surface area contributed by atoms with Gasteiger partial charge in [0.2, 0.25) is 0 Å². The van der Waals surface area contributed by atoms with Crippen molar-refractivity contribution in [1.29, 1.82) is 0 Å². The van der Waals surface area contributed by atoms with Gasteiger partial charge in [0.05, 0.1) is 12.4 Å². The molecule has 2 heterocycles. The molecular weight excluding hydrogens is 208 g/mol. The Balaban J connectivity index is 2.55. The van der Waals surface area contributed by atoms with Crippen molar-refractivity contribution in [3.63, 3.8) is 0 Å². The second-order valence-corrected chi connectivity index (χ2v) is 2.98. The number of carboxylic acid groups (broad SMARTS) is 1. The van der Waals surface area contributed by atoms with Crippen molar-refractivity contribution in [2.24, 2.45) is 0 Å². The van der Waals surface area contributed by atoms with Crippen LogP contribution in [0, 0.1) is 0 Å². The van der Waals surface area contributed by atoms with Gasteiger partial charge < -0.3 is 5.11 Å². The first-order valence-electron chi connectivity index (χ1n) is 3.72. The molecule has 0 bridgehead atoms. The molecule has 0 radical (unpaired) electrons. The lowest BCUT2D eigenvalue weighted by atomic mass is 10.5. The number of rotatable bonds is 2. The molecule has 0 saturated heterocycles. The van der Waals surface area contributed by atoms with Gasteiger partial charge in [-0.15, -0.1) is 0 Å². The zero-order valence-electron chi connectivity index (χ0n) is 6.88. The van der Waals surface area contributed by atoms with Gasteiger partial charge in [0, 0.05) is 0 Å². The summed E-state index contributed by atoms with van der Waals surface area (Å²) in [4.78, 5) is 18.3. The third-order valence-corrected chi connectivity index (χ3v) is 1.78. The predicted molar refractivity (Wildman–Crippen MR) is 48.0 cm³/mol. The van der Waals surface area contributed by atoms with Crippen molar-refractivity contribution in [2.45, 2.75) is 6.54 Å². The van der Waals surface area contributed by atoms with Crippen molar-refractivity contribution in [2.75, 3.05) is 0 Å². The van der Waals surface area contributed by atoms with Gasteiger partial charge in [-0.1, -0.05) is 11.6 Å². The summed E-state index contributed by atoms with van der Waals surface area (Å²) in [6, 6.07) is 0. The van der Waals surface area contributed by atoms with Gasteiger partial charge in [0.15, 0.2) is 5.65 Å². The molecule has 0 saturated carbocycles. The fourth-order valence-corrected chi connectivity index (χ4v) is 1.20. The SMILES string of the molecule is O=C(O)Cn1ncc2ncc(Cl)nc21. The molecule has 0 fully saturated rings. The van der Waals surface area contributed by atoms with Crippen LogP contribution in [0.15, 0.2) is 12.4 Å². The molecule has 0 amide bonds. The minimum absolute atomic E-state index is 0.213. The van der Waals surface area contributed by atoms with Gasteiger partial charge in [0.25, 0.3) is 0 Å². The Morgan fingerprint density at radius 3 is 3.07 bits per heavy atom. The van der Waals surface area contributed by atoms with Gasteiger partial charge in [0.1, 0.15) is 17.2 Å². The van der Waals surface area contributed by atoms with E-state index in [-0.39, 0.29) is 11.7 Å². The number of hydrogen-bond donors (Lipinski definition) is 1. The molecule has 2 aromatic rings. The molecule has 0 aliphatic heterocycles. The Morgan fingerprint density at radius 1 is 1.57 bits per heavy atom. The van der Waals surface area contributed by atoms with Crippen LogP contribution in [0.25, 0.3) is 11.2 Å². The normalized spacial score (nSPS) is 10.6. The third-order valence-electron chi connectivity index (χ3n) is 1.60. The lowest BCUT2D eigenvalue weighted by Crippen LogP contribution is -2.10. The molecule has 1 N–H and O–H groups in total. The molecule has 0 spiro atoms. The highest BCUT2D eigenvalue weighted by atomic mass is 35.5. The maximum Gasteiger partial charge on any atom is 0.325 e. The summed E-state index contributed by atoms with van der Waals surface area (Å²) in [7, 11) is 0. The third kappa shape index (κ3) is 1.51. The standard InChI is InChI=1S/C7H5ClN4O2/c8-5-2-9-4-1-10-12(3-6(13)14)7(4)11-5/h1-2H,3H2,(H,13,14). The van der Waals surface area contributed by atoms with E-state index >= 15 is 0 Å². The van der Waals surface area contributed by atoms with Crippen LogP contribution >= 0.6 is 11.6 Å². The highest BCUT2D eigenvalue weighted by Crippen LogP contribution is 2.11. The van der Waals surface area contributed by atoms with Gasteiger partial charge in [-0.3, -0.25) is 4.79 Å². The topological polar surface area (TPSA) is 80.9 Å². The summed E-state index contributed by atoms with van der Waals surface area (Å²) >= 11 is 5.62. The van der Waals surface area contributed by atoms with Gasteiger partial charge in [-0.2, -0.15) is 5.10 Å². The van der Waals surface area contributed by atoms with E-state index in [0.717, 1.165) is 0 Å². The summed E-state index contributed by atoms with van der Waals surface area (Å²) in [5.41, 5.74) is 0.899. The van der Waals surface area contributed by atoms with Gasteiger partial charge >= 0.3 is 5.97 Å². The molecule has 14 heavy (non-hydrogen) atoms. The minimum Gasteiger partial charge on any atom is -0.480 e.